The Morgan fingerprint density at radius 1 is 1.17 bits per heavy atom. The Morgan fingerprint density at radius 2 is 1.89 bits per heavy atom. The Kier molecular flexibility index (Phi) is 6.71. The molecule has 188 valence electrons. The molecule has 0 bridgehead atoms. The average molecular weight is 491 g/mol. The summed E-state index contributed by atoms with van der Waals surface area (Å²) in [4.78, 5) is 41.0. The highest BCUT2D eigenvalue weighted by molar-refractivity contribution is 6.16. The molecule has 0 atom stereocenters. The lowest BCUT2D eigenvalue weighted by atomic mass is 9.86. The summed E-state index contributed by atoms with van der Waals surface area (Å²) in [6, 6.07) is 9.16. The van der Waals surface area contributed by atoms with Crippen molar-refractivity contribution in [2.75, 3.05) is 23.3 Å². The third-order valence-corrected chi connectivity index (χ3v) is 6.52. The molecular formula is C28H31FN4O3. The number of aryl methyl sites for hydroxylation is 1. The monoisotopic (exact) mass is 490 g/mol. The number of carbonyl (C=O) groups excluding carboxylic acids is 3. The van der Waals surface area contributed by atoms with Gasteiger partial charge in [-0.15, -0.1) is 0 Å². The van der Waals surface area contributed by atoms with Gasteiger partial charge in [-0.3, -0.25) is 9.59 Å². The summed E-state index contributed by atoms with van der Waals surface area (Å²) in [7, 11) is 0. The number of hydrogen-bond acceptors (Lipinski definition) is 4. The van der Waals surface area contributed by atoms with Crippen LogP contribution in [0.2, 0.25) is 0 Å². The molecule has 8 heteroatoms. The average Bonchev–Trinajstić information content (AvgIpc) is 3.06. The van der Waals surface area contributed by atoms with Gasteiger partial charge >= 0.3 is 6.03 Å². The molecule has 2 aromatic rings. The van der Waals surface area contributed by atoms with Crippen molar-refractivity contribution in [3.8, 4) is 0 Å². The number of anilines is 2. The molecule has 7 nitrogen and oxygen atoms in total. The van der Waals surface area contributed by atoms with E-state index in [1.165, 1.54) is 18.2 Å². The summed E-state index contributed by atoms with van der Waals surface area (Å²) in [5.41, 5.74) is 5.11. The number of benzene rings is 2. The Morgan fingerprint density at radius 3 is 2.58 bits per heavy atom. The molecule has 4 amide bonds. The van der Waals surface area contributed by atoms with E-state index in [1.54, 1.807) is 12.1 Å². The Labute approximate surface area is 210 Å². The molecule has 2 heterocycles. The third-order valence-electron chi connectivity index (χ3n) is 6.52. The Balaban J connectivity index is 1.58. The van der Waals surface area contributed by atoms with Crippen LogP contribution >= 0.6 is 0 Å². The Hall–Kier alpha value is -3.94. The van der Waals surface area contributed by atoms with Crippen molar-refractivity contribution in [1.82, 2.24) is 10.2 Å². The molecule has 0 aromatic heterocycles. The summed E-state index contributed by atoms with van der Waals surface area (Å²) in [6.07, 6.45) is 4.90. The van der Waals surface area contributed by atoms with E-state index in [-0.39, 0.29) is 16.9 Å². The maximum absolute atomic E-state index is 13.8. The molecule has 2 aliphatic heterocycles. The van der Waals surface area contributed by atoms with Crippen LogP contribution in [0.1, 0.15) is 50.8 Å². The van der Waals surface area contributed by atoms with E-state index in [0.29, 0.717) is 0 Å². The number of para-hydroxylation sites is 1. The molecule has 2 aliphatic rings. The molecular weight excluding hydrogens is 459 g/mol. The highest BCUT2D eigenvalue weighted by Gasteiger charge is 2.36. The van der Waals surface area contributed by atoms with Gasteiger partial charge in [0.1, 0.15) is 18.1 Å². The number of fused-ring (bicyclic) bond motifs is 1. The van der Waals surface area contributed by atoms with Crippen molar-refractivity contribution < 1.29 is 18.8 Å². The minimum absolute atomic E-state index is 0.0151. The van der Waals surface area contributed by atoms with E-state index in [1.807, 2.05) is 13.0 Å². The molecule has 0 radical (unpaired) electrons. The second-order valence-electron chi connectivity index (χ2n) is 9.77. The van der Waals surface area contributed by atoms with Crippen LogP contribution in [0.5, 0.6) is 0 Å². The maximum Gasteiger partial charge on any atom is 0.329 e. The minimum atomic E-state index is -0.697. The van der Waals surface area contributed by atoms with Crippen LogP contribution in [-0.4, -0.2) is 41.4 Å². The van der Waals surface area contributed by atoms with Gasteiger partial charge < -0.3 is 15.5 Å². The van der Waals surface area contributed by atoms with Gasteiger partial charge in [-0.2, -0.15) is 0 Å². The molecule has 4 rings (SSSR count). The van der Waals surface area contributed by atoms with Gasteiger partial charge in [-0.1, -0.05) is 25.1 Å². The summed E-state index contributed by atoms with van der Waals surface area (Å²) < 4.78 is 13.8. The number of nitrogens with zero attached hydrogens (tertiary/aromatic N) is 2. The first-order chi connectivity index (χ1) is 17.0. The van der Waals surface area contributed by atoms with Crippen LogP contribution < -0.4 is 15.5 Å². The van der Waals surface area contributed by atoms with Crippen LogP contribution in [0.25, 0.3) is 11.6 Å². The molecule has 2 aromatic carbocycles. The van der Waals surface area contributed by atoms with Gasteiger partial charge in [0.25, 0.3) is 5.91 Å². The summed E-state index contributed by atoms with van der Waals surface area (Å²) in [5, 5.41) is 4.96. The number of rotatable bonds is 6. The van der Waals surface area contributed by atoms with Crippen LogP contribution in [0.4, 0.5) is 20.6 Å². The number of carbonyl (C=O) groups is 3. The topological polar surface area (TPSA) is 81.8 Å². The predicted molar refractivity (Wildman–Crippen MR) is 140 cm³/mol. The quantitative estimate of drug-likeness (QED) is 0.437. The van der Waals surface area contributed by atoms with Gasteiger partial charge in [0.15, 0.2) is 0 Å². The molecule has 1 saturated heterocycles. The first-order valence-corrected chi connectivity index (χ1v) is 12.0. The first-order valence-electron chi connectivity index (χ1n) is 12.0. The van der Waals surface area contributed by atoms with Crippen LogP contribution in [-0.2, 0) is 9.59 Å². The lowest BCUT2D eigenvalue weighted by molar-refractivity contribution is -0.127. The molecule has 2 N–H and O–H groups in total. The van der Waals surface area contributed by atoms with Crippen molar-refractivity contribution in [2.45, 2.75) is 46.6 Å². The second kappa shape index (κ2) is 9.60. The fourth-order valence-electron chi connectivity index (χ4n) is 4.80. The van der Waals surface area contributed by atoms with E-state index in [9.17, 15) is 18.8 Å². The third kappa shape index (κ3) is 4.76. The fraction of sp³-hybridized carbons (Fsp3) is 0.321. The largest absolute Gasteiger partial charge is 0.362 e. The van der Waals surface area contributed by atoms with E-state index in [2.05, 4.69) is 55.4 Å². The lowest BCUT2D eigenvalue weighted by Gasteiger charge is -2.43. The van der Waals surface area contributed by atoms with Crippen LogP contribution in [0, 0.1) is 12.7 Å². The smallest absolute Gasteiger partial charge is 0.329 e. The number of imide groups is 1. The standard InChI is InChI=1S/C28H31FN4O3/c1-6-11-33-24-12-17(2)19(13-20(24)18(3)15-28(33,4)5)14-23-26(35)32(27(36)31-23)16-25(34)30-22-10-8-7-9-21(22)29/h7-10,12-15H,6,11,16H2,1-5H3,(H,30,34)(H,31,36)/b23-14+. The highest BCUT2D eigenvalue weighted by atomic mass is 19.1. The number of nitrogens with one attached hydrogen (secondary N) is 2. The lowest BCUT2D eigenvalue weighted by Crippen LogP contribution is -2.45. The zero-order valence-electron chi connectivity index (χ0n) is 21.2. The SMILES string of the molecule is CCCN1c2cc(C)c(/C=C3/NC(=O)N(CC(=O)Nc4ccccc4F)C3=O)cc2C(C)=CC1(C)C. The number of amides is 4. The molecule has 36 heavy (non-hydrogen) atoms. The van der Waals surface area contributed by atoms with E-state index in [0.717, 1.165) is 45.8 Å². The van der Waals surface area contributed by atoms with Gasteiger partial charge in [-0.25, -0.2) is 14.1 Å². The van der Waals surface area contributed by atoms with E-state index < -0.39 is 30.2 Å². The normalized spacial score (nSPS) is 17.7. The van der Waals surface area contributed by atoms with Gasteiger partial charge in [0.2, 0.25) is 5.91 Å². The van der Waals surface area contributed by atoms with Crippen molar-refractivity contribution in [2.24, 2.45) is 0 Å². The number of allylic oxidation sites excluding steroid dienone is 1. The number of urea groups is 1. The zero-order valence-corrected chi connectivity index (χ0v) is 21.2. The molecule has 0 spiro atoms. The second-order valence-corrected chi connectivity index (χ2v) is 9.77. The molecule has 0 unspecified atom stereocenters. The van der Waals surface area contributed by atoms with Crippen molar-refractivity contribution >= 4 is 40.9 Å². The van der Waals surface area contributed by atoms with E-state index >= 15 is 0 Å². The van der Waals surface area contributed by atoms with Crippen molar-refractivity contribution in [1.29, 1.82) is 0 Å². The van der Waals surface area contributed by atoms with Crippen molar-refractivity contribution in [3.63, 3.8) is 0 Å². The van der Waals surface area contributed by atoms with E-state index in [4.69, 9.17) is 0 Å². The fourth-order valence-corrected chi connectivity index (χ4v) is 4.80. The van der Waals surface area contributed by atoms with Gasteiger partial charge in [-0.05, 0) is 81.2 Å². The number of hydrogen-bond donors (Lipinski definition) is 2. The highest BCUT2D eigenvalue weighted by Crippen LogP contribution is 2.40. The molecule has 0 aliphatic carbocycles. The predicted octanol–water partition coefficient (Wildman–Crippen LogP) is 5.08. The summed E-state index contributed by atoms with van der Waals surface area (Å²) in [6.45, 7) is 11.0. The zero-order chi connectivity index (χ0) is 26.2. The maximum atomic E-state index is 13.8. The number of halogens is 1. The van der Waals surface area contributed by atoms with Crippen LogP contribution in [0.3, 0.4) is 0 Å². The van der Waals surface area contributed by atoms with Gasteiger partial charge in [0, 0.05) is 17.8 Å². The molecule has 0 saturated carbocycles. The summed E-state index contributed by atoms with van der Waals surface area (Å²) >= 11 is 0. The van der Waals surface area contributed by atoms with Crippen molar-refractivity contribution in [3.05, 3.63) is 70.7 Å². The van der Waals surface area contributed by atoms with Crippen LogP contribution in [0.15, 0.2) is 48.2 Å². The summed E-state index contributed by atoms with van der Waals surface area (Å²) in [5.74, 6) is -1.88. The Bertz CT molecular complexity index is 1310. The first kappa shape index (κ1) is 25.2. The minimum Gasteiger partial charge on any atom is -0.362 e. The van der Waals surface area contributed by atoms with Gasteiger partial charge in [0.05, 0.1) is 11.2 Å². The molecule has 1 fully saturated rings.